The van der Waals surface area contributed by atoms with Gasteiger partial charge in [-0.25, -0.2) is 9.97 Å². The van der Waals surface area contributed by atoms with Crippen LogP contribution in [0.5, 0.6) is 0 Å². The van der Waals surface area contributed by atoms with E-state index in [1.54, 1.807) is 30.1 Å². The number of carbonyl (C=O) groups excluding carboxylic acids is 2. The quantitative estimate of drug-likeness (QED) is 0.431. The second-order valence-corrected chi connectivity index (χ2v) is 10.8. The van der Waals surface area contributed by atoms with E-state index in [1.165, 1.54) is 17.8 Å². The molecule has 11 heteroatoms. The summed E-state index contributed by atoms with van der Waals surface area (Å²) >= 11 is 1.52. The van der Waals surface area contributed by atoms with Gasteiger partial charge >= 0.3 is 0 Å². The summed E-state index contributed by atoms with van der Waals surface area (Å²) in [5.41, 5.74) is 2.10. The van der Waals surface area contributed by atoms with Crippen LogP contribution in [0.1, 0.15) is 40.4 Å². The molecule has 0 aromatic carbocycles. The Morgan fingerprint density at radius 1 is 1.14 bits per heavy atom. The minimum atomic E-state index is -1.36. The van der Waals surface area contributed by atoms with Crippen LogP contribution in [0.25, 0.3) is 10.1 Å². The number of carbonyl (C=O) groups is 2. The van der Waals surface area contributed by atoms with Crippen molar-refractivity contribution in [3.63, 3.8) is 0 Å². The Labute approximate surface area is 219 Å². The zero-order valence-electron chi connectivity index (χ0n) is 21.1. The number of aromatic nitrogens is 2. The van der Waals surface area contributed by atoms with E-state index >= 15 is 0 Å². The summed E-state index contributed by atoms with van der Waals surface area (Å²) < 4.78 is 1.02. The monoisotopic (exact) mass is 524 g/mol. The highest BCUT2D eigenvalue weighted by atomic mass is 32.1. The average Bonchev–Trinajstić information content (AvgIpc) is 3.25. The summed E-state index contributed by atoms with van der Waals surface area (Å²) in [5.74, 6) is 1.38. The third kappa shape index (κ3) is 5.11. The number of thiophene rings is 1. The van der Waals surface area contributed by atoms with E-state index in [1.807, 2.05) is 24.4 Å². The van der Waals surface area contributed by atoms with E-state index in [0.29, 0.717) is 43.7 Å². The summed E-state index contributed by atoms with van der Waals surface area (Å²) in [7, 11) is 3.58. The van der Waals surface area contributed by atoms with Crippen molar-refractivity contribution in [3.05, 3.63) is 41.0 Å². The van der Waals surface area contributed by atoms with Gasteiger partial charge in [0, 0.05) is 51.9 Å². The van der Waals surface area contributed by atoms with E-state index < -0.39 is 18.6 Å². The lowest BCUT2D eigenvalue weighted by molar-refractivity contribution is -0.142. The molecule has 3 aromatic rings. The molecule has 4 heterocycles. The van der Waals surface area contributed by atoms with Gasteiger partial charge in [0.05, 0.1) is 28.1 Å². The molecule has 0 spiro atoms. The maximum atomic E-state index is 12.9. The number of piperazine rings is 1. The van der Waals surface area contributed by atoms with Crippen molar-refractivity contribution < 1.29 is 19.8 Å². The highest BCUT2D eigenvalue weighted by molar-refractivity contribution is 7.21. The average molecular weight is 525 g/mol. The van der Waals surface area contributed by atoms with Crippen LogP contribution < -0.4 is 10.2 Å². The molecule has 1 saturated heterocycles. The lowest BCUT2D eigenvalue weighted by Crippen LogP contribution is -2.52. The lowest BCUT2D eigenvalue weighted by Gasteiger charge is -2.36. The highest BCUT2D eigenvalue weighted by Gasteiger charge is 2.30. The smallest absolute Gasteiger partial charge is 0.263 e. The molecule has 5 rings (SSSR count). The molecule has 37 heavy (non-hydrogen) atoms. The summed E-state index contributed by atoms with van der Waals surface area (Å²) in [6.45, 7) is 1.62. The van der Waals surface area contributed by atoms with Gasteiger partial charge < -0.3 is 30.2 Å². The molecule has 1 saturated carbocycles. The fourth-order valence-corrected chi connectivity index (χ4v) is 6.07. The summed E-state index contributed by atoms with van der Waals surface area (Å²) in [6, 6.07) is 5.90. The van der Waals surface area contributed by atoms with Crippen molar-refractivity contribution >= 4 is 50.6 Å². The molecule has 3 aromatic heterocycles. The number of anilines is 3. The standard InChI is InChI=1S/C26H32N6O4S/c1-30(2)26(36)24-23(16-4-3-5-16)18-12-22(28-14-20(18)37-24)29-21-7-6-17(13-27-21)31-8-10-32(11-9-31)25(35)19(34)15-33/h6-7,12-14,16,19,33-34H,3-5,8-11,15H2,1-2H3,(H,27,28,29). The number of hydrogen-bond acceptors (Lipinski definition) is 9. The van der Waals surface area contributed by atoms with E-state index in [4.69, 9.17) is 5.11 Å². The predicted octanol–water partition coefficient (Wildman–Crippen LogP) is 2.41. The first-order valence-electron chi connectivity index (χ1n) is 12.6. The van der Waals surface area contributed by atoms with Crippen LogP contribution in [-0.2, 0) is 4.79 Å². The Kier molecular flexibility index (Phi) is 7.27. The maximum absolute atomic E-state index is 12.9. The first-order chi connectivity index (χ1) is 17.9. The topological polar surface area (TPSA) is 122 Å². The van der Waals surface area contributed by atoms with Gasteiger partial charge in [-0.1, -0.05) is 6.42 Å². The Morgan fingerprint density at radius 2 is 1.86 bits per heavy atom. The lowest BCUT2D eigenvalue weighted by atomic mass is 9.79. The third-order valence-corrected chi connectivity index (χ3v) is 8.29. The Bertz CT molecular complexity index is 1280. The predicted molar refractivity (Wildman–Crippen MR) is 144 cm³/mol. The first-order valence-corrected chi connectivity index (χ1v) is 13.4. The van der Waals surface area contributed by atoms with Crippen molar-refractivity contribution in [2.45, 2.75) is 31.3 Å². The molecule has 10 nitrogen and oxygen atoms in total. The summed E-state index contributed by atoms with van der Waals surface area (Å²) in [5, 5.41) is 23.0. The van der Waals surface area contributed by atoms with E-state index in [0.717, 1.165) is 39.1 Å². The SMILES string of the molecule is CN(C)C(=O)c1sc2cnc(Nc3ccc(N4CCN(C(=O)C(O)CO)CC4)cn3)cc2c1C1CCC1. The van der Waals surface area contributed by atoms with Crippen molar-refractivity contribution in [2.24, 2.45) is 0 Å². The molecule has 1 aliphatic heterocycles. The van der Waals surface area contributed by atoms with Crippen LogP contribution in [0.4, 0.5) is 17.3 Å². The van der Waals surface area contributed by atoms with Crippen molar-refractivity contribution in [3.8, 4) is 0 Å². The van der Waals surface area contributed by atoms with E-state index in [-0.39, 0.29) is 5.91 Å². The molecule has 196 valence electrons. The number of fused-ring (bicyclic) bond motifs is 1. The maximum Gasteiger partial charge on any atom is 0.263 e. The van der Waals surface area contributed by atoms with Gasteiger partial charge in [-0.05, 0) is 42.5 Å². The largest absolute Gasteiger partial charge is 0.393 e. The van der Waals surface area contributed by atoms with E-state index in [2.05, 4.69) is 20.2 Å². The normalized spacial score (nSPS) is 17.0. The fraction of sp³-hybridized carbons (Fsp3) is 0.462. The molecule has 1 atom stereocenters. The second kappa shape index (κ2) is 10.6. The molecule has 3 N–H and O–H groups in total. The number of rotatable bonds is 7. The van der Waals surface area contributed by atoms with Gasteiger partial charge in [0.2, 0.25) is 0 Å². The minimum absolute atomic E-state index is 0.0460. The highest BCUT2D eigenvalue weighted by Crippen LogP contribution is 2.45. The molecule has 0 radical (unpaired) electrons. The first kappa shape index (κ1) is 25.4. The number of nitrogens with zero attached hydrogens (tertiary/aromatic N) is 5. The molecule has 2 aliphatic rings. The second-order valence-electron chi connectivity index (χ2n) is 9.78. The molecule has 0 bridgehead atoms. The molecule has 1 unspecified atom stereocenters. The molecular formula is C26H32N6O4S. The van der Waals surface area contributed by atoms with Gasteiger partial charge in [0.15, 0.2) is 6.10 Å². The van der Waals surface area contributed by atoms with Crippen molar-refractivity contribution in [2.75, 3.05) is 57.1 Å². The van der Waals surface area contributed by atoms with Crippen LogP contribution in [0, 0.1) is 0 Å². The number of hydrogen-bond donors (Lipinski definition) is 3. The van der Waals surface area contributed by atoms with Gasteiger partial charge in [0.1, 0.15) is 11.6 Å². The number of aliphatic hydroxyl groups excluding tert-OH is 2. The van der Waals surface area contributed by atoms with Crippen LogP contribution in [0.15, 0.2) is 30.6 Å². The summed E-state index contributed by atoms with van der Waals surface area (Å²) in [4.78, 5) is 40.2. The van der Waals surface area contributed by atoms with Gasteiger partial charge in [-0.15, -0.1) is 11.3 Å². The Balaban J connectivity index is 1.29. The molecule has 2 amide bonds. The Morgan fingerprint density at radius 3 is 2.46 bits per heavy atom. The number of aliphatic hydroxyl groups is 2. The van der Waals surface area contributed by atoms with Crippen LogP contribution >= 0.6 is 11.3 Å². The third-order valence-electron chi connectivity index (χ3n) is 7.15. The molecular weight excluding hydrogens is 492 g/mol. The number of amides is 2. The van der Waals surface area contributed by atoms with Crippen LogP contribution in [0.3, 0.4) is 0 Å². The van der Waals surface area contributed by atoms with Crippen molar-refractivity contribution in [1.29, 1.82) is 0 Å². The summed E-state index contributed by atoms with van der Waals surface area (Å²) in [6.07, 6.45) is 5.68. The van der Waals surface area contributed by atoms with Gasteiger partial charge in [0.25, 0.3) is 11.8 Å². The van der Waals surface area contributed by atoms with Gasteiger partial charge in [-0.3, -0.25) is 9.59 Å². The molecule has 2 fully saturated rings. The zero-order chi connectivity index (χ0) is 26.1. The number of nitrogens with one attached hydrogen (secondary N) is 1. The van der Waals surface area contributed by atoms with Crippen LogP contribution in [0.2, 0.25) is 0 Å². The van der Waals surface area contributed by atoms with Gasteiger partial charge in [-0.2, -0.15) is 0 Å². The minimum Gasteiger partial charge on any atom is -0.393 e. The zero-order valence-corrected chi connectivity index (χ0v) is 21.9. The fourth-order valence-electron chi connectivity index (χ4n) is 4.81. The molecule has 1 aliphatic carbocycles. The van der Waals surface area contributed by atoms with E-state index in [9.17, 15) is 14.7 Å². The van der Waals surface area contributed by atoms with Crippen molar-refractivity contribution in [1.82, 2.24) is 19.8 Å². The Hall–Kier alpha value is -3.28. The number of pyridine rings is 2. The van der Waals surface area contributed by atoms with Crippen LogP contribution in [-0.4, -0.2) is 94.8 Å².